The molecule has 0 radical (unpaired) electrons. The third-order valence-electron chi connectivity index (χ3n) is 3.39. The molecule has 6 nitrogen and oxygen atoms in total. The van der Waals surface area contributed by atoms with E-state index >= 15 is 0 Å². The first-order chi connectivity index (χ1) is 9.10. The first-order valence-corrected chi connectivity index (χ1v) is 7.40. The molecule has 0 aromatic carbocycles. The number of rotatable bonds is 5. The Labute approximate surface area is 116 Å². The maximum absolute atomic E-state index is 10.8. The number of carboxylic acid groups (broad SMARTS) is 1. The second-order valence-electron chi connectivity index (χ2n) is 4.77. The Balaban J connectivity index is 1.94. The second-order valence-corrected chi connectivity index (χ2v) is 5.63. The molecule has 4 N–H and O–H groups in total. The molecule has 0 aliphatic carbocycles. The van der Waals surface area contributed by atoms with E-state index in [4.69, 9.17) is 10.8 Å². The number of carbonyl (C=O) groups is 1. The van der Waals surface area contributed by atoms with Crippen LogP contribution in [0.1, 0.15) is 31.5 Å². The molecule has 2 rings (SSSR count). The fourth-order valence-corrected chi connectivity index (χ4v) is 3.08. The molecule has 1 fully saturated rings. The van der Waals surface area contributed by atoms with Crippen molar-refractivity contribution in [3.05, 3.63) is 11.1 Å². The summed E-state index contributed by atoms with van der Waals surface area (Å²) in [5, 5.41) is 14.7. The lowest BCUT2D eigenvalue weighted by Crippen LogP contribution is -2.41. The first-order valence-electron chi connectivity index (χ1n) is 6.53. The number of nitrogens with one attached hydrogen (secondary N) is 1. The van der Waals surface area contributed by atoms with Crippen molar-refractivity contribution in [2.45, 2.75) is 31.8 Å². The molecule has 1 aliphatic heterocycles. The molecular formula is C12H20N4O2S. The summed E-state index contributed by atoms with van der Waals surface area (Å²) < 4.78 is 0. The number of carboxylic acids is 1. The molecule has 0 amide bonds. The van der Waals surface area contributed by atoms with E-state index in [0.717, 1.165) is 31.2 Å². The number of nitrogens with zero attached hydrogens (tertiary/aromatic N) is 2. The summed E-state index contributed by atoms with van der Waals surface area (Å²) in [6, 6.07) is -0.654. The van der Waals surface area contributed by atoms with Gasteiger partial charge >= 0.3 is 5.97 Å². The minimum Gasteiger partial charge on any atom is -0.480 e. The molecule has 1 aliphatic rings. The van der Waals surface area contributed by atoms with Gasteiger partial charge in [0.25, 0.3) is 0 Å². The minimum atomic E-state index is -1.05. The molecule has 0 saturated carbocycles. The predicted molar refractivity (Wildman–Crippen MR) is 75.4 cm³/mol. The Hall–Kier alpha value is -1.18. The molecule has 106 valence electrons. The summed E-state index contributed by atoms with van der Waals surface area (Å²) in [4.78, 5) is 17.5. The molecule has 7 heteroatoms. The Bertz CT molecular complexity index is 437. The molecule has 1 saturated heterocycles. The molecule has 1 aromatic heterocycles. The van der Waals surface area contributed by atoms with Crippen molar-refractivity contribution in [1.82, 2.24) is 9.88 Å². The van der Waals surface area contributed by atoms with E-state index in [1.165, 1.54) is 17.8 Å². The van der Waals surface area contributed by atoms with Gasteiger partial charge in [0, 0.05) is 18.0 Å². The largest absolute Gasteiger partial charge is 0.480 e. The number of hydrogen-bond donors (Lipinski definition) is 3. The average Bonchev–Trinajstić information content (AvgIpc) is 2.86. The fraction of sp³-hybridized carbons (Fsp3) is 0.667. The summed E-state index contributed by atoms with van der Waals surface area (Å²) in [6.07, 6.45) is 2.30. The molecule has 0 bridgehead atoms. The number of likely N-dealkylation sites (N-methyl/N-ethyl adjacent to an activating group) is 1. The standard InChI is InChI=1S/C12H20N4O2S/c1-2-16-5-3-4-8(6-16)14-12-15-9(7-19-12)10(13)11(17)18/h7-8,10H,2-6,13H2,1H3,(H,14,15)(H,17,18). The molecule has 2 unspecified atom stereocenters. The summed E-state index contributed by atoms with van der Waals surface area (Å²) in [7, 11) is 0. The van der Waals surface area contributed by atoms with Crippen LogP contribution in [-0.4, -0.2) is 46.6 Å². The summed E-state index contributed by atoms with van der Waals surface area (Å²) in [5.74, 6) is -1.05. The number of likely N-dealkylation sites (tertiary alicyclic amines) is 1. The number of aromatic nitrogens is 1. The van der Waals surface area contributed by atoms with Crippen LogP contribution >= 0.6 is 11.3 Å². The van der Waals surface area contributed by atoms with Gasteiger partial charge in [0.05, 0.1) is 5.69 Å². The highest BCUT2D eigenvalue weighted by atomic mass is 32.1. The number of anilines is 1. The Morgan fingerprint density at radius 1 is 1.79 bits per heavy atom. The van der Waals surface area contributed by atoms with Crippen molar-refractivity contribution in [3.63, 3.8) is 0 Å². The van der Waals surface area contributed by atoms with E-state index in [2.05, 4.69) is 22.1 Å². The van der Waals surface area contributed by atoms with Crippen molar-refractivity contribution < 1.29 is 9.90 Å². The Kier molecular flexibility index (Phi) is 4.73. The lowest BCUT2D eigenvalue weighted by molar-refractivity contribution is -0.138. The molecule has 1 aromatic rings. The number of hydrogen-bond acceptors (Lipinski definition) is 6. The van der Waals surface area contributed by atoms with E-state index in [1.54, 1.807) is 5.38 Å². The van der Waals surface area contributed by atoms with Crippen LogP contribution in [0.25, 0.3) is 0 Å². The van der Waals surface area contributed by atoms with Crippen molar-refractivity contribution in [2.24, 2.45) is 5.73 Å². The number of aliphatic carboxylic acids is 1. The van der Waals surface area contributed by atoms with E-state index in [1.807, 2.05) is 0 Å². The maximum atomic E-state index is 10.8. The number of thiazole rings is 1. The SMILES string of the molecule is CCN1CCCC(Nc2nc(C(N)C(=O)O)cs2)C1. The fourth-order valence-electron chi connectivity index (χ4n) is 2.26. The first kappa shape index (κ1) is 14.2. The van der Waals surface area contributed by atoms with Gasteiger partial charge in [0.15, 0.2) is 5.13 Å². The predicted octanol–water partition coefficient (Wildman–Crippen LogP) is 1.12. The van der Waals surface area contributed by atoms with Gasteiger partial charge in [-0.2, -0.15) is 0 Å². The second kappa shape index (κ2) is 6.31. The van der Waals surface area contributed by atoms with Crippen LogP contribution in [-0.2, 0) is 4.79 Å². The van der Waals surface area contributed by atoms with Gasteiger partial charge in [-0.1, -0.05) is 6.92 Å². The van der Waals surface area contributed by atoms with Crippen LogP contribution in [0, 0.1) is 0 Å². The van der Waals surface area contributed by atoms with Gasteiger partial charge in [-0.25, -0.2) is 4.98 Å². The molecule has 0 spiro atoms. The van der Waals surface area contributed by atoms with Gasteiger partial charge < -0.3 is 21.1 Å². The highest BCUT2D eigenvalue weighted by Crippen LogP contribution is 2.22. The Morgan fingerprint density at radius 3 is 3.26 bits per heavy atom. The highest BCUT2D eigenvalue weighted by molar-refractivity contribution is 7.13. The quantitative estimate of drug-likeness (QED) is 0.750. The van der Waals surface area contributed by atoms with Crippen molar-refractivity contribution in [1.29, 1.82) is 0 Å². The van der Waals surface area contributed by atoms with Gasteiger partial charge in [0.2, 0.25) is 0 Å². The molecular weight excluding hydrogens is 264 g/mol. The summed E-state index contributed by atoms with van der Waals surface area (Å²) in [6.45, 7) is 5.39. The average molecular weight is 284 g/mol. The third kappa shape index (κ3) is 3.65. The molecule has 19 heavy (non-hydrogen) atoms. The van der Waals surface area contributed by atoms with E-state index in [-0.39, 0.29) is 0 Å². The maximum Gasteiger partial charge on any atom is 0.326 e. The topological polar surface area (TPSA) is 91.5 Å². The van der Waals surface area contributed by atoms with Crippen molar-refractivity contribution in [3.8, 4) is 0 Å². The van der Waals surface area contributed by atoms with Gasteiger partial charge in [0.1, 0.15) is 6.04 Å². The highest BCUT2D eigenvalue weighted by Gasteiger charge is 2.21. The van der Waals surface area contributed by atoms with Crippen LogP contribution in [0.5, 0.6) is 0 Å². The normalized spacial score (nSPS) is 22.1. The zero-order valence-electron chi connectivity index (χ0n) is 11.0. The van der Waals surface area contributed by atoms with Crippen LogP contribution in [0.3, 0.4) is 0 Å². The van der Waals surface area contributed by atoms with Crippen LogP contribution in [0.15, 0.2) is 5.38 Å². The van der Waals surface area contributed by atoms with Gasteiger partial charge in [-0.15, -0.1) is 11.3 Å². The van der Waals surface area contributed by atoms with E-state index in [9.17, 15) is 4.79 Å². The zero-order valence-corrected chi connectivity index (χ0v) is 11.8. The van der Waals surface area contributed by atoms with Crippen molar-refractivity contribution >= 4 is 22.4 Å². The lowest BCUT2D eigenvalue weighted by Gasteiger charge is -2.32. The van der Waals surface area contributed by atoms with Crippen LogP contribution in [0.2, 0.25) is 0 Å². The van der Waals surface area contributed by atoms with E-state index in [0.29, 0.717) is 11.7 Å². The van der Waals surface area contributed by atoms with Gasteiger partial charge in [-0.3, -0.25) is 4.79 Å². The Morgan fingerprint density at radius 2 is 2.58 bits per heavy atom. The zero-order chi connectivity index (χ0) is 13.8. The van der Waals surface area contributed by atoms with Crippen LogP contribution in [0.4, 0.5) is 5.13 Å². The lowest BCUT2D eigenvalue weighted by atomic mass is 10.1. The van der Waals surface area contributed by atoms with Crippen LogP contribution < -0.4 is 11.1 Å². The molecule has 2 heterocycles. The minimum absolute atomic E-state index is 0.383. The molecule has 2 atom stereocenters. The summed E-state index contributed by atoms with van der Waals surface area (Å²) >= 11 is 1.41. The van der Waals surface area contributed by atoms with Gasteiger partial charge in [-0.05, 0) is 25.9 Å². The van der Waals surface area contributed by atoms with Crippen molar-refractivity contribution in [2.75, 3.05) is 25.0 Å². The summed E-state index contributed by atoms with van der Waals surface area (Å²) in [5.41, 5.74) is 5.96. The smallest absolute Gasteiger partial charge is 0.326 e. The monoisotopic (exact) mass is 284 g/mol. The third-order valence-corrected chi connectivity index (χ3v) is 4.18. The number of nitrogens with two attached hydrogens (primary N) is 1. The van der Waals surface area contributed by atoms with E-state index < -0.39 is 12.0 Å². The number of piperidine rings is 1.